The fourth-order valence-corrected chi connectivity index (χ4v) is 3.92. The molecule has 0 amide bonds. The van der Waals surface area contributed by atoms with Crippen molar-refractivity contribution in [1.82, 2.24) is 14.3 Å². The monoisotopic (exact) mass is 491 g/mol. The molecule has 0 atom stereocenters. The summed E-state index contributed by atoms with van der Waals surface area (Å²) in [7, 11) is -4.75. The van der Waals surface area contributed by atoms with E-state index in [-0.39, 0.29) is 24.7 Å². The Labute approximate surface area is 183 Å². The van der Waals surface area contributed by atoms with Crippen molar-refractivity contribution < 1.29 is 34.8 Å². The van der Waals surface area contributed by atoms with E-state index in [2.05, 4.69) is 4.98 Å². The number of nitrogens with one attached hydrogen (secondary N) is 1. The third-order valence-corrected chi connectivity index (χ3v) is 5.91. The van der Waals surface area contributed by atoms with Crippen molar-refractivity contribution >= 4 is 10.0 Å². The Hall–Kier alpha value is -3.19. The van der Waals surface area contributed by atoms with E-state index in [1.54, 1.807) is 30.3 Å². The molecule has 0 aliphatic heterocycles. The van der Waals surface area contributed by atoms with E-state index < -0.39 is 50.5 Å². The Balaban J connectivity index is 1.79. The first-order valence-electron chi connectivity index (χ1n) is 9.18. The van der Waals surface area contributed by atoms with Crippen LogP contribution in [0.4, 0.5) is 26.3 Å². The van der Waals surface area contributed by atoms with Crippen LogP contribution >= 0.6 is 0 Å². The van der Waals surface area contributed by atoms with Crippen LogP contribution in [0.25, 0.3) is 11.3 Å². The van der Waals surface area contributed by atoms with Crippen molar-refractivity contribution in [2.24, 2.45) is 0 Å². The van der Waals surface area contributed by atoms with E-state index in [4.69, 9.17) is 0 Å². The van der Waals surface area contributed by atoms with Gasteiger partial charge in [-0.05, 0) is 18.2 Å². The highest BCUT2D eigenvalue weighted by molar-refractivity contribution is 7.89. The van der Waals surface area contributed by atoms with Crippen LogP contribution in [0, 0.1) is 0 Å². The van der Waals surface area contributed by atoms with Crippen molar-refractivity contribution in [2.75, 3.05) is 6.54 Å². The number of alkyl halides is 6. The molecule has 3 aromatic rings. The van der Waals surface area contributed by atoms with Crippen molar-refractivity contribution in [3.63, 3.8) is 0 Å². The van der Waals surface area contributed by atoms with Crippen LogP contribution in [0.1, 0.15) is 11.1 Å². The minimum absolute atomic E-state index is 0.111. The van der Waals surface area contributed by atoms with Crippen LogP contribution < -0.4 is 10.3 Å². The van der Waals surface area contributed by atoms with Crippen LogP contribution in [-0.4, -0.2) is 24.5 Å². The molecule has 13 heteroatoms. The summed E-state index contributed by atoms with van der Waals surface area (Å²) in [5, 5.41) is 0. The molecule has 0 radical (unpaired) electrons. The average molecular weight is 491 g/mol. The van der Waals surface area contributed by atoms with Gasteiger partial charge in [0.05, 0.1) is 28.0 Å². The zero-order valence-corrected chi connectivity index (χ0v) is 17.3. The van der Waals surface area contributed by atoms with Gasteiger partial charge in [-0.3, -0.25) is 9.36 Å². The van der Waals surface area contributed by atoms with Crippen molar-refractivity contribution in [2.45, 2.75) is 23.8 Å². The van der Waals surface area contributed by atoms with Crippen molar-refractivity contribution in [3.05, 3.63) is 82.4 Å². The molecule has 2 aromatic carbocycles. The number of hydrogen-bond acceptors (Lipinski definition) is 4. The normalized spacial score (nSPS) is 12.7. The lowest BCUT2D eigenvalue weighted by atomic mass is 10.1. The highest BCUT2D eigenvalue weighted by Crippen LogP contribution is 2.37. The lowest BCUT2D eigenvalue weighted by Crippen LogP contribution is -2.31. The van der Waals surface area contributed by atoms with Crippen LogP contribution in [0.2, 0.25) is 0 Å². The van der Waals surface area contributed by atoms with Gasteiger partial charge in [0.1, 0.15) is 0 Å². The summed E-state index contributed by atoms with van der Waals surface area (Å²) < 4.78 is 105. The summed E-state index contributed by atoms with van der Waals surface area (Å²) in [6.45, 7) is -0.739. The summed E-state index contributed by atoms with van der Waals surface area (Å²) in [5.41, 5.74) is -2.99. The first-order chi connectivity index (χ1) is 15.3. The lowest BCUT2D eigenvalue weighted by Gasteiger charge is -2.15. The van der Waals surface area contributed by atoms with E-state index in [1.807, 2.05) is 4.72 Å². The Kier molecular flexibility index (Phi) is 6.65. The Morgan fingerprint density at radius 1 is 0.879 bits per heavy atom. The molecule has 1 N–H and O–H groups in total. The molecule has 0 bridgehead atoms. The van der Waals surface area contributed by atoms with Crippen LogP contribution in [0.15, 0.2) is 70.6 Å². The quantitative estimate of drug-likeness (QED) is 0.530. The summed E-state index contributed by atoms with van der Waals surface area (Å²) in [5.74, 6) is 0. The fourth-order valence-electron chi connectivity index (χ4n) is 2.83. The zero-order chi connectivity index (χ0) is 24.4. The van der Waals surface area contributed by atoms with Gasteiger partial charge in [-0.1, -0.05) is 30.3 Å². The topological polar surface area (TPSA) is 81.1 Å². The smallest absolute Gasteiger partial charge is 0.298 e. The van der Waals surface area contributed by atoms with Gasteiger partial charge in [0.25, 0.3) is 5.56 Å². The Bertz CT molecular complexity index is 1270. The van der Waals surface area contributed by atoms with Crippen LogP contribution in [-0.2, 0) is 28.9 Å². The van der Waals surface area contributed by atoms with Gasteiger partial charge in [0, 0.05) is 24.7 Å². The summed E-state index contributed by atoms with van der Waals surface area (Å²) in [4.78, 5) is 15.1. The molecule has 1 heterocycles. The molecule has 0 unspecified atom stereocenters. The summed E-state index contributed by atoms with van der Waals surface area (Å²) >= 11 is 0. The van der Waals surface area contributed by atoms with E-state index >= 15 is 0 Å². The third-order valence-electron chi connectivity index (χ3n) is 4.47. The molecule has 6 nitrogen and oxygen atoms in total. The Morgan fingerprint density at radius 3 is 1.97 bits per heavy atom. The fraction of sp³-hybridized carbons (Fsp3) is 0.200. The molecule has 1 aromatic heterocycles. The van der Waals surface area contributed by atoms with E-state index in [1.165, 1.54) is 6.07 Å². The molecule has 33 heavy (non-hydrogen) atoms. The second-order valence-electron chi connectivity index (χ2n) is 6.81. The Morgan fingerprint density at radius 2 is 1.45 bits per heavy atom. The summed E-state index contributed by atoms with van der Waals surface area (Å²) in [6, 6.07) is 9.99. The van der Waals surface area contributed by atoms with Crippen molar-refractivity contribution in [3.8, 4) is 11.3 Å². The third kappa shape index (κ3) is 5.99. The second-order valence-corrected chi connectivity index (χ2v) is 8.58. The molecule has 0 aliphatic rings. The summed E-state index contributed by atoms with van der Waals surface area (Å²) in [6.07, 6.45) is -9.22. The molecule has 0 fully saturated rings. The molecule has 0 saturated heterocycles. The molecule has 3 rings (SSSR count). The maximum absolute atomic E-state index is 13.0. The van der Waals surface area contributed by atoms with Crippen LogP contribution in [0.5, 0.6) is 0 Å². The highest BCUT2D eigenvalue weighted by Gasteiger charge is 2.38. The van der Waals surface area contributed by atoms with Gasteiger partial charge >= 0.3 is 12.4 Å². The maximum Gasteiger partial charge on any atom is 0.416 e. The van der Waals surface area contributed by atoms with Crippen molar-refractivity contribution in [1.29, 1.82) is 0 Å². The number of hydrogen-bond donors (Lipinski definition) is 1. The van der Waals surface area contributed by atoms with Gasteiger partial charge in [0.2, 0.25) is 10.0 Å². The number of rotatable bonds is 6. The van der Waals surface area contributed by atoms with Crippen LogP contribution in [0.3, 0.4) is 0 Å². The molecular weight excluding hydrogens is 476 g/mol. The number of halogens is 6. The van der Waals surface area contributed by atoms with Gasteiger partial charge < -0.3 is 0 Å². The number of nitrogens with zero attached hydrogens (tertiary/aromatic N) is 2. The maximum atomic E-state index is 13.0. The minimum atomic E-state index is -5.19. The largest absolute Gasteiger partial charge is 0.416 e. The van der Waals surface area contributed by atoms with E-state index in [9.17, 15) is 39.6 Å². The van der Waals surface area contributed by atoms with Gasteiger partial charge in [-0.15, -0.1) is 0 Å². The predicted octanol–water partition coefficient (Wildman–Crippen LogP) is 3.93. The first-order valence-corrected chi connectivity index (χ1v) is 10.7. The lowest BCUT2D eigenvalue weighted by molar-refractivity contribution is -0.143. The second kappa shape index (κ2) is 8.98. The molecular formula is C20H15F6N3O3S. The van der Waals surface area contributed by atoms with E-state index in [0.29, 0.717) is 11.3 Å². The zero-order valence-electron chi connectivity index (χ0n) is 16.5. The van der Waals surface area contributed by atoms with Gasteiger partial charge in [-0.2, -0.15) is 26.3 Å². The van der Waals surface area contributed by atoms with Gasteiger partial charge in [-0.25, -0.2) is 18.1 Å². The highest BCUT2D eigenvalue weighted by atomic mass is 32.2. The number of aromatic nitrogens is 2. The standard InChI is InChI=1S/C20H15F6N3O3S/c21-19(22,23)14-8-15(20(24,25)26)10-16(9-14)33(31,32)28-6-7-29-12-27-17(11-18(29)30)13-4-2-1-3-5-13/h1-5,8-12,28H,6-7H2. The van der Waals surface area contributed by atoms with Gasteiger partial charge in [0.15, 0.2) is 0 Å². The minimum Gasteiger partial charge on any atom is -0.298 e. The molecule has 176 valence electrons. The molecule has 0 saturated carbocycles. The SMILES string of the molecule is O=c1cc(-c2ccccc2)ncn1CCNS(=O)(=O)c1cc(C(F)(F)F)cc(C(F)(F)F)c1. The first kappa shape index (κ1) is 24.5. The predicted molar refractivity (Wildman–Crippen MR) is 106 cm³/mol. The average Bonchev–Trinajstić information content (AvgIpc) is 2.74. The molecule has 0 spiro atoms. The van der Waals surface area contributed by atoms with E-state index in [0.717, 1.165) is 10.9 Å². The molecule has 0 aliphatic carbocycles. The number of benzene rings is 2. The number of sulfonamides is 1.